The van der Waals surface area contributed by atoms with Crippen LogP contribution in [-0.4, -0.2) is 4.98 Å². The molecule has 1 aromatic heterocycles. The lowest BCUT2D eigenvalue weighted by Gasteiger charge is -2.00. The zero-order valence-electron chi connectivity index (χ0n) is 6.19. The third kappa shape index (κ3) is 1.29. The number of aryl methyl sites for hydroxylation is 2. The maximum absolute atomic E-state index is 5.93. The van der Waals surface area contributed by atoms with Crippen LogP contribution in [0.4, 0.5) is 0 Å². The summed E-state index contributed by atoms with van der Waals surface area (Å²) in [6.07, 6.45) is 2.70. The fourth-order valence-corrected chi connectivity index (χ4v) is 1.09. The largest absolute Gasteiger partial charge is 0.260 e. The molecule has 2 heteroatoms. The van der Waals surface area contributed by atoms with E-state index in [1.54, 1.807) is 6.20 Å². The molecule has 0 aromatic carbocycles. The summed E-state index contributed by atoms with van der Waals surface area (Å²) in [5.74, 6) is 0. The summed E-state index contributed by atoms with van der Waals surface area (Å²) in [5, 5.41) is 0.810. The van der Waals surface area contributed by atoms with Crippen molar-refractivity contribution >= 4 is 11.6 Å². The number of pyridine rings is 1. The third-order valence-electron chi connectivity index (χ3n) is 1.49. The molecule has 0 amide bonds. The van der Waals surface area contributed by atoms with Crippen LogP contribution in [0.1, 0.15) is 18.2 Å². The van der Waals surface area contributed by atoms with Gasteiger partial charge in [0.25, 0.3) is 0 Å². The Bertz CT molecular complexity index is 233. The Morgan fingerprint density at radius 2 is 2.30 bits per heavy atom. The standard InChI is InChI=1S/C8H10ClN/c1-3-7-8(9)6(2)4-5-10-7/h4-5H,3H2,1-2H3. The predicted molar refractivity (Wildman–Crippen MR) is 43.4 cm³/mol. The van der Waals surface area contributed by atoms with Crippen molar-refractivity contribution in [2.24, 2.45) is 0 Å². The Labute approximate surface area is 66.0 Å². The molecule has 0 aliphatic rings. The Balaban J connectivity index is 3.14. The van der Waals surface area contributed by atoms with Crippen LogP contribution in [0.5, 0.6) is 0 Å². The molecule has 1 heterocycles. The molecule has 0 unspecified atom stereocenters. The molecule has 0 atom stereocenters. The van der Waals surface area contributed by atoms with Gasteiger partial charge >= 0.3 is 0 Å². The molecule has 0 aliphatic carbocycles. The monoisotopic (exact) mass is 155 g/mol. The average Bonchev–Trinajstić information content (AvgIpc) is 1.95. The minimum absolute atomic E-state index is 0.810. The van der Waals surface area contributed by atoms with Crippen LogP contribution in [0, 0.1) is 6.92 Å². The summed E-state index contributed by atoms with van der Waals surface area (Å²) in [4.78, 5) is 4.13. The van der Waals surface area contributed by atoms with E-state index >= 15 is 0 Å². The number of nitrogens with zero attached hydrogens (tertiary/aromatic N) is 1. The lowest BCUT2D eigenvalue weighted by atomic mass is 10.2. The quantitative estimate of drug-likeness (QED) is 0.608. The molecule has 1 nitrogen and oxygen atoms in total. The molecule has 1 aromatic rings. The van der Waals surface area contributed by atoms with Gasteiger partial charge in [0.1, 0.15) is 0 Å². The van der Waals surface area contributed by atoms with Gasteiger partial charge < -0.3 is 0 Å². The van der Waals surface area contributed by atoms with Crippen molar-refractivity contribution in [2.45, 2.75) is 20.3 Å². The maximum Gasteiger partial charge on any atom is 0.0650 e. The zero-order chi connectivity index (χ0) is 7.56. The van der Waals surface area contributed by atoms with Gasteiger partial charge in [0, 0.05) is 6.20 Å². The van der Waals surface area contributed by atoms with E-state index in [4.69, 9.17) is 11.6 Å². The highest BCUT2D eigenvalue weighted by Gasteiger charge is 1.99. The maximum atomic E-state index is 5.93. The van der Waals surface area contributed by atoms with Crippen molar-refractivity contribution in [3.05, 3.63) is 28.5 Å². The molecule has 0 aliphatic heterocycles. The second-order valence-corrected chi connectivity index (χ2v) is 2.62. The summed E-state index contributed by atoms with van der Waals surface area (Å²) < 4.78 is 0. The van der Waals surface area contributed by atoms with E-state index in [1.807, 2.05) is 19.9 Å². The first-order valence-electron chi connectivity index (χ1n) is 3.35. The molecule has 0 fully saturated rings. The van der Waals surface area contributed by atoms with E-state index in [9.17, 15) is 0 Å². The van der Waals surface area contributed by atoms with Crippen molar-refractivity contribution < 1.29 is 0 Å². The highest BCUT2D eigenvalue weighted by molar-refractivity contribution is 6.31. The predicted octanol–water partition coefficient (Wildman–Crippen LogP) is 2.61. The van der Waals surface area contributed by atoms with Crippen molar-refractivity contribution in [1.82, 2.24) is 4.98 Å². The van der Waals surface area contributed by atoms with E-state index < -0.39 is 0 Å². The van der Waals surface area contributed by atoms with E-state index in [2.05, 4.69) is 4.98 Å². The third-order valence-corrected chi connectivity index (χ3v) is 2.01. The molecule has 0 saturated carbocycles. The van der Waals surface area contributed by atoms with Crippen molar-refractivity contribution in [2.75, 3.05) is 0 Å². The topological polar surface area (TPSA) is 12.9 Å². The van der Waals surface area contributed by atoms with Crippen LogP contribution < -0.4 is 0 Å². The summed E-state index contributed by atoms with van der Waals surface area (Å²) in [7, 11) is 0. The molecule has 0 radical (unpaired) electrons. The van der Waals surface area contributed by atoms with Gasteiger partial charge in [-0.05, 0) is 25.0 Å². The zero-order valence-corrected chi connectivity index (χ0v) is 6.94. The SMILES string of the molecule is CCc1nccc(C)c1Cl. The molecule has 54 valence electrons. The second-order valence-electron chi connectivity index (χ2n) is 2.24. The fraction of sp³-hybridized carbons (Fsp3) is 0.375. The number of hydrogen-bond acceptors (Lipinski definition) is 1. The van der Waals surface area contributed by atoms with E-state index in [0.29, 0.717) is 0 Å². The molecule has 0 bridgehead atoms. The van der Waals surface area contributed by atoms with Gasteiger partial charge in [-0.25, -0.2) is 0 Å². The van der Waals surface area contributed by atoms with E-state index in [-0.39, 0.29) is 0 Å². The van der Waals surface area contributed by atoms with Gasteiger partial charge in [-0.3, -0.25) is 4.98 Å². The van der Waals surface area contributed by atoms with Gasteiger partial charge in [0.2, 0.25) is 0 Å². The fourth-order valence-electron chi connectivity index (χ4n) is 0.843. The minimum atomic E-state index is 0.810. The van der Waals surface area contributed by atoms with E-state index in [0.717, 1.165) is 22.7 Å². The van der Waals surface area contributed by atoms with Gasteiger partial charge in [0.15, 0.2) is 0 Å². The Hall–Kier alpha value is -0.560. The lowest BCUT2D eigenvalue weighted by Crippen LogP contribution is -1.89. The second kappa shape index (κ2) is 3.02. The Kier molecular flexibility index (Phi) is 2.28. The van der Waals surface area contributed by atoms with Crippen molar-refractivity contribution in [3.8, 4) is 0 Å². The molecule has 0 spiro atoms. The molecular weight excluding hydrogens is 146 g/mol. The van der Waals surface area contributed by atoms with Crippen LogP contribution >= 0.6 is 11.6 Å². The van der Waals surface area contributed by atoms with Crippen LogP contribution in [-0.2, 0) is 6.42 Å². The molecule has 10 heavy (non-hydrogen) atoms. The lowest BCUT2D eigenvalue weighted by molar-refractivity contribution is 1.03. The first kappa shape index (κ1) is 7.55. The van der Waals surface area contributed by atoms with Crippen LogP contribution in [0.2, 0.25) is 5.02 Å². The minimum Gasteiger partial charge on any atom is -0.260 e. The number of rotatable bonds is 1. The number of aromatic nitrogens is 1. The van der Waals surface area contributed by atoms with Crippen molar-refractivity contribution in [3.63, 3.8) is 0 Å². The highest BCUT2D eigenvalue weighted by Crippen LogP contribution is 2.17. The van der Waals surface area contributed by atoms with E-state index in [1.165, 1.54) is 0 Å². The normalized spacial score (nSPS) is 9.90. The van der Waals surface area contributed by atoms with Gasteiger partial charge in [-0.2, -0.15) is 0 Å². The highest BCUT2D eigenvalue weighted by atomic mass is 35.5. The van der Waals surface area contributed by atoms with Gasteiger partial charge in [0.05, 0.1) is 10.7 Å². The average molecular weight is 156 g/mol. The van der Waals surface area contributed by atoms with Gasteiger partial charge in [-0.15, -0.1) is 0 Å². The summed E-state index contributed by atoms with van der Waals surface area (Å²) in [6, 6.07) is 1.92. The summed E-state index contributed by atoms with van der Waals surface area (Å²) in [6.45, 7) is 4.04. The first-order chi connectivity index (χ1) is 4.75. The Morgan fingerprint density at radius 3 is 2.80 bits per heavy atom. The smallest absolute Gasteiger partial charge is 0.0650 e. The molecule has 1 rings (SSSR count). The van der Waals surface area contributed by atoms with Crippen molar-refractivity contribution in [1.29, 1.82) is 0 Å². The number of hydrogen-bond donors (Lipinski definition) is 0. The number of halogens is 1. The summed E-state index contributed by atoms with van der Waals surface area (Å²) >= 11 is 5.93. The van der Waals surface area contributed by atoms with Crippen LogP contribution in [0.15, 0.2) is 12.3 Å². The molecule has 0 saturated heterocycles. The summed E-state index contributed by atoms with van der Waals surface area (Å²) in [5.41, 5.74) is 2.09. The van der Waals surface area contributed by atoms with Gasteiger partial charge in [-0.1, -0.05) is 18.5 Å². The molecular formula is C8H10ClN. The Morgan fingerprint density at radius 1 is 1.60 bits per heavy atom. The molecule has 0 N–H and O–H groups in total. The van der Waals surface area contributed by atoms with Crippen LogP contribution in [0.25, 0.3) is 0 Å². The first-order valence-corrected chi connectivity index (χ1v) is 3.73. The van der Waals surface area contributed by atoms with Crippen LogP contribution in [0.3, 0.4) is 0 Å².